The molecule has 1 aromatic heterocycles. The van der Waals surface area contributed by atoms with Crippen LogP contribution in [0.4, 0.5) is 5.69 Å². The number of nitrogens with zero attached hydrogens (tertiary/aromatic N) is 3. The van der Waals surface area contributed by atoms with Crippen LogP contribution in [-0.4, -0.2) is 27.2 Å². The SMILES string of the molecule is O=C(O)c1ccc(N2CCn3ccnc3C2)cc1Cl. The van der Waals surface area contributed by atoms with Gasteiger partial charge in [0.05, 0.1) is 17.1 Å². The summed E-state index contributed by atoms with van der Waals surface area (Å²) >= 11 is 5.99. The van der Waals surface area contributed by atoms with Gasteiger partial charge in [-0.15, -0.1) is 0 Å². The summed E-state index contributed by atoms with van der Waals surface area (Å²) in [5, 5.41) is 9.22. The minimum absolute atomic E-state index is 0.129. The number of aromatic carboxylic acids is 1. The fourth-order valence-corrected chi connectivity index (χ4v) is 2.52. The molecular formula is C13H12ClN3O2. The van der Waals surface area contributed by atoms with Crippen molar-refractivity contribution in [2.45, 2.75) is 13.1 Å². The number of aromatic nitrogens is 2. The Morgan fingerprint density at radius 2 is 2.21 bits per heavy atom. The van der Waals surface area contributed by atoms with E-state index in [4.69, 9.17) is 16.7 Å². The summed E-state index contributed by atoms with van der Waals surface area (Å²) < 4.78 is 2.11. The van der Waals surface area contributed by atoms with Crippen LogP contribution in [0.1, 0.15) is 16.2 Å². The highest BCUT2D eigenvalue weighted by Crippen LogP contribution is 2.26. The molecule has 0 saturated carbocycles. The average Bonchev–Trinajstić information content (AvgIpc) is 2.85. The summed E-state index contributed by atoms with van der Waals surface area (Å²) in [6.45, 7) is 2.43. The van der Waals surface area contributed by atoms with Crippen LogP contribution in [0, 0.1) is 0 Å². The van der Waals surface area contributed by atoms with E-state index in [1.807, 2.05) is 6.20 Å². The number of fused-ring (bicyclic) bond motifs is 1. The second kappa shape index (κ2) is 4.59. The van der Waals surface area contributed by atoms with Crippen molar-refractivity contribution in [3.8, 4) is 0 Å². The average molecular weight is 278 g/mol. The molecule has 0 aliphatic carbocycles. The molecule has 0 atom stereocenters. The number of carboxylic acid groups (broad SMARTS) is 1. The van der Waals surface area contributed by atoms with E-state index in [9.17, 15) is 4.79 Å². The molecule has 0 radical (unpaired) electrons. The van der Waals surface area contributed by atoms with E-state index < -0.39 is 5.97 Å². The van der Waals surface area contributed by atoms with Gasteiger partial charge in [0.25, 0.3) is 0 Å². The van der Waals surface area contributed by atoms with Crippen molar-refractivity contribution >= 4 is 23.3 Å². The molecule has 0 saturated heterocycles. The normalized spacial score (nSPS) is 14.3. The van der Waals surface area contributed by atoms with Gasteiger partial charge in [0.1, 0.15) is 5.82 Å². The second-order valence-corrected chi connectivity index (χ2v) is 4.83. The molecule has 0 amide bonds. The van der Waals surface area contributed by atoms with Crippen molar-refractivity contribution in [2.24, 2.45) is 0 Å². The maximum atomic E-state index is 10.9. The Morgan fingerprint density at radius 1 is 1.37 bits per heavy atom. The van der Waals surface area contributed by atoms with E-state index in [0.717, 1.165) is 24.6 Å². The number of hydrogen-bond acceptors (Lipinski definition) is 3. The van der Waals surface area contributed by atoms with Gasteiger partial charge in [-0.2, -0.15) is 0 Å². The lowest BCUT2D eigenvalue weighted by molar-refractivity contribution is 0.0697. The predicted octanol–water partition coefficient (Wildman–Crippen LogP) is 2.25. The molecule has 0 unspecified atom stereocenters. The number of benzene rings is 1. The molecule has 1 N–H and O–H groups in total. The Labute approximate surface area is 115 Å². The number of rotatable bonds is 2. The summed E-state index contributed by atoms with van der Waals surface area (Å²) in [5.41, 5.74) is 1.05. The molecule has 98 valence electrons. The molecule has 1 aliphatic rings. The van der Waals surface area contributed by atoms with Crippen LogP contribution >= 0.6 is 11.6 Å². The van der Waals surface area contributed by atoms with Gasteiger partial charge >= 0.3 is 5.97 Å². The minimum Gasteiger partial charge on any atom is -0.478 e. The maximum Gasteiger partial charge on any atom is 0.337 e. The largest absolute Gasteiger partial charge is 0.478 e. The number of anilines is 1. The minimum atomic E-state index is -1.01. The molecule has 1 aromatic carbocycles. The number of carbonyl (C=O) groups is 1. The summed E-state index contributed by atoms with van der Waals surface area (Å²) in [7, 11) is 0. The van der Waals surface area contributed by atoms with Crippen LogP contribution in [0.15, 0.2) is 30.6 Å². The summed E-state index contributed by atoms with van der Waals surface area (Å²) in [4.78, 5) is 17.4. The second-order valence-electron chi connectivity index (χ2n) is 4.43. The Kier molecular flexibility index (Phi) is 2.91. The Bertz CT molecular complexity index is 639. The van der Waals surface area contributed by atoms with E-state index in [2.05, 4.69) is 14.5 Å². The first kappa shape index (κ1) is 12.0. The van der Waals surface area contributed by atoms with Crippen LogP contribution in [0.25, 0.3) is 0 Å². The maximum absolute atomic E-state index is 10.9. The van der Waals surface area contributed by atoms with E-state index in [-0.39, 0.29) is 10.6 Å². The first-order chi connectivity index (χ1) is 9.15. The highest BCUT2D eigenvalue weighted by Gasteiger charge is 2.18. The fourth-order valence-electron chi connectivity index (χ4n) is 2.27. The van der Waals surface area contributed by atoms with E-state index in [1.165, 1.54) is 0 Å². The first-order valence-corrected chi connectivity index (χ1v) is 6.31. The van der Waals surface area contributed by atoms with Crippen molar-refractivity contribution < 1.29 is 9.90 Å². The molecular weight excluding hydrogens is 266 g/mol. The van der Waals surface area contributed by atoms with Crippen LogP contribution in [-0.2, 0) is 13.1 Å². The van der Waals surface area contributed by atoms with Crippen LogP contribution in [0.5, 0.6) is 0 Å². The predicted molar refractivity (Wildman–Crippen MR) is 71.7 cm³/mol. The number of hydrogen-bond donors (Lipinski definition) is 1. The number of imidazole rings is 1. The zero-order valence-corrected chi connectivity index (χ0v) is 10.8. The topological polar surface area (TPSA) is 58.4 Å². The third-order valence-electron chi connectivity index (χ3n) is 3.29. The third-order valence-corrected chi connectivity index (χ3v) is 3.61. The van der Waals surface area contributed by atoms with Gasteiger partial charge in [-0.3, -0.25) is 0 Å². The third kappa shape index (κ3) is 2.17. The lowest BCUT2D eigenvalue weighted by atomic mass is 10.2. The Balaban J connectivity index is 1.88. The first-order valence-electron chi connectivity index (χ1n) is 5.93. The van der Waals surface area contributed by atoms with Crippen molar-refractivity contribution in [1.29, 1.82) is 0 Å². The standard InChI is InChI=1S/C13H12ClN3O2/c14-11-7-9(1-2-10(11)13(18)19)17-6-5-16-4-3-15-12(16)8-17/h1-4,7H,5-6,8H2,(H,18,19). The van der Waals surface area contributed by atoms with Crippen molar-refractivity contribution in [1.82, 2.24) is 9.55 Å². The molecule has 0 bridgehead atoms. The van der Waals surface area contributed by atoms with Gasteiger partial charge in [0.2, 0.25) is 0 Å². The quantitative estimate of drug-likeness (QED) is 0.915. The van der Waals surface area contributed by atoms with Gasteiger partial charge in [0.15, 0.2) is 0 Å². The van der Waals surface area contributed by atoms with Gasteiger partial charge in [0, 0.05) is 31.2 Å². The van der Waals surface area contributed by atoms with Gasteiger partial charge < -0.3 is 14.6 Å². The van der Waals surface area contributed by atoms with E-state index in [1.54, 1.807) is 24.4 Å². The Hall–Kier alpha value is -2.01. The van der Waals surface area contributed by atoms with Crippen LogP contribution in [0.2, 0.25) is 5.02 Å². The molecule has 3 rings (SSSR count). The smallest absolute Gasteiger partial charge is 0.337 e. The molecule has 0 fully saturated rings. The molecule has 0 spiro atoms. The summed E-state index contributed by atoms with van der Waals surface area (Å²) in [6.07, 6.45) is 3.76. The molecule has 2 aromatic rings. The molecule has 1 aliphatic heterocycles. The highest BCUT2D eigenvalue weighted by atomic mass is 35.5. The highest BCUT2D eigenvalue weighted by molar-refractivity contribution is 6.33. The van der Waals surface area contributed by atoms with Crippen molar-refractivity contribution in [3.63, 3.8) is 0 Å². The van der Waals surface area contributed by atoms with Crippen molar-refractivity contribution in [3.05, 3.63) is 47.0 Å². The van der Waals surface area contributed by atoms with E-state index >= 15 is 0 Å². The van der Waals surface area contributed by atoms with Gasteiger partial charge in [-0.05, 0) is 18.2 Å². The van der Waals surface area contributed by atoms with Gasteiger partial charge in [-0.1, -0.05) is 11.6 Å². The number of halogens is 1. The van der Waals surface area contributed by atoms with Crippen LogP contribution in [0.3, 0.4) is 0 Å². The summed E-state index contributed by atoms with van der Waals surface area (Å²) in [5.74, 6) is -0.00424. The molecule has 2 heterocycles. The summed E-state index contributed by atoms with van der Waals surface area (Å²) in [6, 6.07) is 5.03. The van der Waals surface area contributed by atoms with E-state index in [0.29, 0.717) is 6.54 Å². The molecule has 5 nitrogen and oxygen atoms in total. The monoisotopic (exact) mass is 277 g/mol. The van der Waals surface area contributed by atoms with Crippen molar-refractivity contribution in [2.75, 3.05) is 11.4 Å². The fraction of sp³-hybridized carbons (Fsp3) is 0.231. The van der Waals surface area contributed by atoms with Gasteiger partial charge in [-0.25, -0.2) is 9.78 Å². The van der Waals surface area contributed by atoms with Crippen LogP contribution < -0.4 is 4.90 Å². The zero-order valence-electron chi connectivity index (χ0n) is 10.1. The lowest BCUT2D eigenvalue weighted by Crippen LogP contribution is -2.33. The Morgan fingerprint density at radius 3 is 2.95 bits per heavy atom. The lowest BCUT2D eigenvalue weighted by Gasteiger charge is -2.29. The number of carboxylic acids is 1. The molecule has 6 heteroatoms. The molecule has 19 heavy (non-hydrogen) atoms. The zero-order chi connectivity index (χ0) is 13.4.